The maximum Gasteiger partial charge on any atom is 0.257 e. The van der Waals surface area contributed by atoms with Gasteiger partial charge in [0.15, 0.2) is 0 Å². The van der Waals surface area contributed by atoms with Crippen LogP contribution in [0.5, 0.6) is 0 Å². The Morgan fingerprint density at radius 2 is 2.10 bits per heavy atom. The summed E-state index contributed by atoms with van der Waals surface area (Å²) in [6.07, 6.45) is 1.57. The average molecular weight is 334 g/mol. The highest BCUT2D eigenvalue weighted by Gasteiger charge is 2.09. The number of hydrogen-bond acceptors (Lipinski definition) is 3. The molecular formula is C15H16BrN3O. The minimum absolute atomic E-state index is 0.165. The number of carbonyl (C=O) groups excluding carboxylic acids is 1. The standard InChI is InChI=1S/C15H16BrN3O/c1-3-17-14-8-7-11(9-18-14)15(20)19-13-6-4-5-12(16)10(13)2/h4-9H,3H2,1-2H3,(H,17,18)(H,19,20). The van der Waals surface area contributed by atoms with Gasteiger partial charge in [0.25, 0.3) is 5.91 Å². The first-order chi connectivity index (χ1) is 9.61. The molecule has 2 aromatic rings. The summed E-state index contributed by atoms with van der Waals surface area (Å²) >= 11 is 3.45. The maximum atomic E-state index is 12.2. The molecular weight excluding hydrogens is 318 g/mol. The highest BCUT2D eigenvalue weighted by atomic mass is 79.9. The van der Waals surface area contributed by atoms with Crippen LogP contribution in [0.15, 0.2) is 41.0 Å². The van der Waals surface area contributed by atoms with Crippen LogP contribution in [0.1, 0.15) is 22.8 Å². The van der Waals surface area contributed by atoms with E-state index in [2.05, 4.69) is 31.5 Å². The van der Waals surface area contributed by atoms with Gasteiger partial charge in [-0.15, -0.1) is 0 Å². The summed E-state index contributed by atoms with van der Waals surface area (Å²) in [4.78, 5) is 16.3. The largest absolute Gasteiger partial charge is 0.370 e. The van der Waals surface area contributed by atoms with Gasteiger partial charge in [-0.3, -0.25) is 4.79 Å². The predicted octanol–water partition coefficient (Wildman–Crippen LogP) is 3.84. The first-order valence-corrected chi connectivity index (χ1v) is 7.17. The Kier molecular flexibility index (Phi) is 4.74. The van der Waals surface area contributed by atoms with Crippen LogP contribution < -0.4 is 10.6 Å². The molecule has 0 radical (unpaired) electrons. The van der Waals surface area contributed by atoms with E-state index in [0.717, 1.165) is 28.1 Å². The number of carbonyl (C=O) groups is 1. The molecule has 2 N–H and O–H groups in total. The molecule has 0 bridgehead atoms. The molecule has 1 aromatic carbocycles. The molecule has 2 rings (SSSR count). The van der Waals surface area contributed by atoms with Gasteiger partial charge in [0.1, 0.15) is 5.82 Å². The van der Waals surface area contributed by atoms with E-state index < -0.39 is 0 Å². The Labute approximate surface area is 126 Å². The number of rotatable bonds is 4. The van der Waals surface area contributed by atoms with Gasteiger partial charge in [0, 0.05) is 22.9 Å². The number of pyridine rings is 1. The first kappa shape index (κ1) is 14.5. The normalized spacial score (nSPS) is 10.2. The molecule has 4 nitrogen and oxygen atoms in total. The Balaban J connectivity index is 2.13. The van der Waals surface area contributed by atoms with Gasteiger partial charge < -0.3 is 10.6 Å². The molecule has 0 saturated heterocycles. The fourth-order valence-electron chi connectivity index (χ4n) is 1.75. The molecule has 0 fully saturated rings. The number of amides is 1. The highest BCUT2D eigenvalue weighted by Crippen LogP contribution is 2.23. The zero-order valence-electron chi connectivity index (χ0n) is 11.4. The topological polar surface area (TPSA) is 54.0 Å². The van der Waals surface area contributed by atoms with Crippen molar-refractivity contribution in [3.8, 4) is 0 Å². The van der Waals surface area contributed by atoms with Crippen LogP contribution in [-0.2, 0) is 0 Å². The molecule has 0 spiro atoms. The molecule has 5 heteroatoms. The van der Waals surface area contributed by atoms with Crippen LogP contribution in [0.4, 0.5) is 11.5 Å². The number of halogens is 1. The molecule has 1 aromatic heterocycles. The summed E-state index contributed by atoms with van der Waals surface area (Å²) < 4.78 is 0.968. The van der Waals surface area contributed by atoms with Crippen molar-refractivity contribution in [2.75, 3.05) is 17.2 Å². The maximum absolute atomic E-state index is 12.2. The molecule has 0 atom stereocenters. The summed E-state index contributed by atoms with van der Waals surface area (Å²) in [5, 5.41) is 5.98. The van der Waals surface area contributed by atoms with E-state index in [-0.39, 0.29) is 5.91 Å². The molecule has 104 valence electrons. The fraction of sp³-hybridized carbons (Fsp3) is 0.200. The van der Waals surface area contributed by atoms with Gasteiger partial charge in [0.2, 0.25) is 0 Å². The highest BCUT2D eigenvalue weighted by molar-refractivity contribution is 9.10. The number of benzene rings is 1. The molecule has 0 aliphatic carbocycles. The van der Waals surface area contributed by atoms with E-state index in [0.29, 0.717) is 5.56 Å². The van der Waals surface area contributed by atoms with E-state index in [1.807, 2.05) is 32.0 Å². The summed E-state index contributed by atoms with van der Waals surface area (Å²) in [6.45, 7) is 4.75. The molecule has 0 unspecified atom stereocenters. The van der Waals surface area contributed by atoms with E-state index in [4.69, 9.17) is 0 Å². The van der Waals surface area contributed by atoms with Crippen molar-refractivity contribution in [1.29, 1.82) is 0 Å². The summed E-state index contributed by atoms with van der Waals surface area (Å²) in [5.74, 6) is 0.601. The molecule has 0 saturated carbocycles. The van der Waals surface area contributed by atoms with Crippen LogP contribution in [0.3, 0.4) is 0 Å². The summed E-state index contributed by atoms with van der Waals surface area (Å²) in [6, 6.07) is 9.26. The molecule has 0 aliphatic rings. The fourth-order valence-corrected chi connectivity index (χ4v) is 2.12. The lowest BCUT2D eigenvalue weighted by Crippen LogP contribution is -2.13. The molecule has 0 aliphatic heterocycles. The van der Waals surface area contributed by atoms with Crippen molar-refractivity contribution < 1.29 is 4.79 Å². The van der Waals surface area contributed by atoms with Gasteiger partial charge >= 0.3 is 0 Å². The second-order valence-electron chi connectivity index (χ2n) is 4.33. The lowest BCUT2D eigenvalue weighted by Gasteiger charge is -2.10. The number of nitrogens with zero attached hydrogens (tertiary/aromatic N) is 1. The van der Waals surface area contributed by atoms with E-state index in [1.54, 1.807) is 18.3 Å². The van der Waals surface area contributed by atoms with Crippen molar-refractivity contribution in [3.05, 3.63) is 52.1 Å². The minimum Gasteiger partial charge on any atom is -0.370 e. The Bertz CT molecular complexity index is 611. The lowest BCUT2D eigenvalue weighted by molar-refractivity contribution is 0.102. The summed E-state index contributed by atoms with van der Waals surface area (Å²) in [7, 11) is 0. The third-order valence-electron chi connectivity index (χ3n) is 2.90. The van der Waals surface area contributed by atoms with Gasteiger partial charge in [-0.05, 0) is 43.7 Å². The Hall–Kier alpha value is -1.88. The van der Waals surface area contributed by atoms with Crippen LogP contribution in [0.2, 0.25) is 0 Å². The minimum atomic E-state index is -0.165. The lowest BCUT2D eigenvalue weighted by atomic mass is 10.2. The average Bonchev–Trinajstić information content (AvgIpc) is 2.45. The zero-order chi connectivity index (χ0) is 14.5. The third kappa shape index (κ3) is 3.36. The number of nitrogens with one attached hydrogen (secondary N) is 2. The van der Waals surface area contributed by atoms with Crippen LogP contribution in [0.25, 0.3) is 0 Å². The second-order valence-corrected chi connectivity index (χ2v) is 5.18. The third-order valence-corrected chi connectivity index (χ3v) is 3.76. The number of anilines is 2. The monoisotopic (exact) mass is 333 g/mol. The van der Waals surface area contributed by atoms with Crippen LogP contribution in [0, 0.1) is 6.92 Å². The zero-order valence-corrected chi connectivity index (χ0v) is 13.0. The van der Waals surface area contributed by atoms with Gasteiger partial charge in [-0.2, -0.15) is 0 Å². The van der Waals surface area contributed by atoms with Crippen LogP contribution >= 0.6 is 15.9 Å². The molecule has 20 heavy (non-hydrogen) atoms. The SMILES string of the molecule is CCNc1ccc(C(=O)Nc2cccc(Br)c2C)cn1. The number of hydrogen-bond donors (Lipinski definition) is 2. The smallest absolute Gasteiger partial charge is 0.257 e. The predicted molar refractivity (Wildman–Crippen MR) is 85.2 cm³/mol. The van der Waals surface area contributed by atoms with E-state index in [1.165, 1.54) is 0 Å². The van der Waals surface area contributed by atoms with Crippen molar-refractivity contribution in [1.82, 2.24) is 4.98 Å². The summed E-state index contributed by atoms with van der Waals surface area (Å²) in [5.41, 5.74) is 2.32. The molecule has 1 heterocycles. The van der Waals surface area contributed by atoms with Crippen molar-refractivity contribution in [2.45, 2.75) is 13.8 Å². The van der Waals surface area contributed by atoms with Crippen molar-refractivity contribution >= 4 is 33.3 Å². The van der Waals surface area contributed by atoms with Crippen LogP contribution in [-0.4, -0.2) is 17.4 Å². The van der Waals surface area contributed by atoms with Crippen molar-refractivity contribution in [3.63, 3.8) is 0 Å². The second kappa shape index (κ2) is 6.52. The Morgan fingerprint density at radius 3 is 2.75 bits per heavy atom. The van der Waals surface area contributed by atoms with E-state index in [9.17, 15) is 4.79 Å². The van der Waals surface area contributed by atoms with E-state index >= 15 is 0 Å². The van der Waals surface area contributed by atoms with Gasteiger partial charge in [0.05, 0.1) is 5.56 Å². The van der Waals surface area contributed by atoms with Gasteiger partial charge in [-0.25, -0.2) is 4.98 Å². The van der Waals surface area contributed by atoms with Crippen molar-refractivity contribution in [2.24, 2.45) is 0 Å². The first-order valence-electron chi connectivity index (χ1n) is 6.38. The number of aromatic nitrogens is 1. The molecule has 1 amide bonds. The quantitative estimate of drug-likeness (QED) is 0.893. The Morgan fingerprint density at radius 1 is 1.30 bits per heavy atom. The van der Waals surface area contributed by atoms with Gasteiger partial charge in [-0.1, -0.05) is 22.0 Å².